The van der Waals surface area contributed by atoms with Crippen molar-refractivity contribution in [2.45, 2.75) is 25.7 Å². The molecule has 56 valence electrons. The average Bonchev–Trinajstić information content (AvgIpc) is 1.63. The van der Waals surface area contributed by atoms with Gasteiger partial charge in [-0.3, -0.25) is 9.68 Å². The molecule has 3 heteroatoms. The molecule has 1 aliphatic carbocycles. The van der Waals surface area contributed by atoms with E-state index in [0.717, 1.165) is 0 Å². The zero-order chi connectivity index (χ0) is 6.95. The van der Waals surface area contributed by atoms with Crippen molar-refractivity contribution >= 4 is 0 Å². The number of rotatable bonds is 2. The maximum Gasteiger partial charge on any atom is 0.0599 e. The summed E-state index contributed by atoms with van der Waals surface area (Å²) in [6.45, 7) is 0. The second-order valence-electron chi connectivity index (χ2n) is 1.91. The lowest BCUT2D eigenvalue weighted by Crippen LogP contribution is -2.07. The summed E-state index contributed by atoms with van der Waals surface area (Å²) in [5.74, 6) is 0. The maximum atomic E-state index is 4.22. The van der Waals surface area contributed by atoms with Gasteiger partial charge in [-0.05, 0) is 0 Å². The zero-order valence-corrected chi connectivity index (χ0v) is 6.14. The van der Waals surface area contributed by atoms with Crippen LogP contribution in [-0.4, -0.2) is 14.2 Å². The van der Waals surface area contributed by atoms with Gasteiger partial charge in [-0.25, -0.2) is 0 Å². The van der Waals surface area contributed by atoms with Crippen molar-refractivity contribution < 1.29 is 9.68 Å². The van der Waals surface area contributed by atoms with Gasteiger partial charge in [-0.1, -0.05) is 31.3 Å². The zero-order valence-electron chi connectivity index (χ0n) is 6.14. The van der Waals surface area contributed by atoms with E-state index in [1.807, 2.05) is 0 Å². The summed E-state index contributed by atoms with van der Waals surface area (Å²) in [6, 6.07) is 0. The molecule has 0 bridgehead atoms. The van der Waals surface area contributed by atoms with Crippen LogP contribution in [0, 0.1) is 0 Å². The minimum atomic E-state index is 1.48. The Morgan fingerprint density at radius 3 is 1.22 bits per heavy atom. The van der Waals surface area contributed by atoms with Gasteiger partial charge in [0.25, 0.3) is 0 Å². The largest absolute Gasteiger partial charge is 0.280 e. The third-order valence-corrected chi connectivity index (χ3v) is 1.17. The van der Waals surface area contributed by atoms with Gasteiger partial charge in [0.05, 0.1) is 14.2 Å². The van der Waals surface area contributed by atoms with E-state index >= 15 is 0 Å². The summed E-state index contributed by atoms with van der Waals surface area (Å²) < 4.78 is 0. The number of hydrogen-bond donors (Lipinski definition) is 1. The summed E-state index contributed by atoms with van der Waals surface area (Å²) >= 11 is 0. The SMILES string of the molecule is C1CCC1.CONOC. The van der Waals surface area contributed by atoms with Crippen LogP contribution in [0.15, 0.2) is 0 Å². The molecule has 0 aliphatic heterocycles. The molecule has 0 aromatic carbocycles. The van der Waals surface area contributed by atoms with E-state index < -0.39 is 0 Å². The van der Waals surface area contributed by atoms with Gasteiger partial charge >= 0.3 is 0 Å². The first-order chi connectivity index (χ1) is 4.41. The minimum Gasteiger partial charge on any atom is -0.280 e. The first kappa shape index (κ1) is 8.88. The molecule has 0 amide bonds. The first-order valence-electron chi connectivity index (χ1n) is 3.22. The normalized spacial score (nSPS) is 15.3. The summed E-state index contributed by atoms with van der Waals surface area (Å²) in [6.07, 6.45) is 6.00. The van der Waals surface area contributed by atoms with Crippen molar-refractivity contribution in [3.63, 3.8) is 0 Å². The summed E-state index contributed by atoms with van der Waals surface area (Å²) in [7, 11) is 2.95. The molecular weight excluding hydrogens is 118 g/mol. The molecule has 0 heterocycles. The average molecular weight is 133 g/mol. The molecule has 1 saturated carbocycles. The molecule has 1 N–H and O–H groups in total. The predicted molar refractivity (Wildman–Crippen MR) is 35.6 cm³/mol. The van der Waals surface area contributed by atoms with E-state index in [4.69, 9.17) is 0 Å². The second-order valence-corrected chi connectivity index (χ2v) is 1.91. The Balaban J connectivity index is 0.000000144. The molecule has 0 atom stereocenters. The van der Waals surface area contributed by atoms with Gasteiger partial charge < -0.3 is 0 Å². The summed E-state index contributed by atoms with van der Waals surface area (Å²) in [5, 5.41) is 0. The fourth-order valence-corrected chi connectivity index (χ4v) is 0.333. The Kier molecular flexibility index (Phi) is 7.77. The second kappa shape index (κ2) is 7.88. The highest BCUT2D eigenvalue weighted by molar-refractivity contribution is 4.50. The van der Waals surface area contributed by atoms with Crippen LogP contribution >= 0.6 is 0 Å². The molecule has 1 aliphatic rings. The Bertz CT molecular complexity index is 40.3. The highest BCUT2D eigenvalue weighted by Crippen LogP contribution is 2.15. The molecule has 1 rings (SSSR count). The topological polar surface area (TPSA) is 30.5 Å². The Labute approximate surface area is 56.2 Å². The highest BCUT2D eigenvalue weighted by atomic mass is 16.9. The molecular formula is C6H15NO2. The van der Waals surface area contributed by atoms with Crippen molar-refractivity contribution in [3.05, 3.63) is 0 Å². The fraction of sp³-hybridized carbons (Fsp3) is 1.00. The molecule has 3 nitrogen and oxygen atoms in total. The molecule has 0 spiro atoms. The molecule has 0 unspecified atom stereocenters. The van der Waals surface area contributed by atoms with E-state index in [1.165, 1.54) is 39.9 Å². The van der Waals surface area contributed by atoms with Crippen LogP contribution in [0.2, 0.25) is 0 Å². The maximum absolute atomic E-state index is 4.22. The van der Waals surface area contributed by atoms with Crippen LogP contribution in [0.25, 0.3) is 0 Å². The molecule has 1 fully saturated rings. The van der Waals surface area contributed by atoms with Crippen molar-refractivity contribution in [2.75, 3.05) is 14.2 Å². The van der Waals surface area contributed by atoms with E-state index in [2.05, 4.69) is 15.3 Å². The lowest BCUT2D eigenvalue weighted by atomic mass is 10.0. The van der Waals surface area contributed by atoms with Crippen LogP contribution in [0.5, 0.6) is 0 Å². The van der Waals surface area contributed by atoms with Crippen molar-refractivity contribution in [1.82, 2.24) is 5.64 Å². The van der Waals surface area contributed by atoms with Gasteiger partial charge in [0.2, 0.25) is 0 Å². The smallest absolute Gasteiger partial charge is 0.0599 e. The molecule has 0 aromatic heterocycles. The minimum absolute atomic E-state index is 1.48. The molecule has 0 saturated heterocycles. The highest BCUT2D eigenvalue weighted by Gasteiger charge is 1.95. The molecule has 0 radical (unpaired) electrons. The Morgan fingerprint density at radius 1 is 0.889 bits per heavy atom. The van der Waals surface area contributed by atoms with E-state index in [1.54, 1.807) is 0 Å². The molecule has 9 heavy (non-hydrogen) atoms. The van der Waals surface area contributed by atoms with Gasteiger partial charge in [0.15, 0.2) is 0 Å². The van der Waals surface area contributed by atoms with E-state index in [9.17, 15) is 0 Å². The van der Waals surface area contributed by atoms with Crippen molar-refractivity contribution in [3.8, 4) is 0 Å². The van der Waals surface area contributed by atoms with Gasteiger partial charge in [-0.15, -0.1) is 0 Å². The van der Waals surface area contributed by atoms with Crippen LogP contribution in [0.3, 0.4) is 0 Å². The lowest BCUT2D eigenvalue weighted by Gasteiger charge is -2.05. The van der Waals surface area contributed by atoms with Crippen molar-refractivity contribution in [2.24, 2.45) is 0 Å². The fourth-order valence-electron chi connectivity index (χ4n) is 0.333. The quantitative estimate of drug-likeness (QED) is 0.575. The van der Waals surface area contributed by atoms with Gasteiger partial charge in [-0.2, -0.15) is 0 Å². The molecule has 0 aromatic rings. The first-order valence-corrected chi connectivity index (χ1v) is 3.22. The number of nitrogens with one attached hydrogen (secondary N) is 1. The van der Waals surface area contributed by atoms with Crippen LogP contribution in [0.4, 0.5) is 0 Å². The van der Waals surface area contributed by atoms with E-state index in [0.29, 0.717) is 0 Å². The van der Waals surface area contributed by atoms with Crippen LogP contribution in [0.1, 0.15) is 25.7 Å². The van der Waals surface area contributed by atoms with Crippen molar-refractivity contribution in [1.29, 1.82) is 0 Å². The van der Waals surface area contributed by atoms with Gasteiger partial charge in [0.1, 0.15) is 0 Å². The Hall–Kier alpha value is -0.120. The monoisotopic (exact) mass is 133 g/mol. The van der Waals surface area contributed by atoms with E-state index in [-0.39, 0.29) is 0 Å². The predicted octanol–water partition coefficient (Wildman–Crippen LogP) is 1.26. The number of hydrogen-bond acceptors (Lipinski definition) is 3. The third-order valence-electron chi connectivity index (χ3n) is 1.17. The Morgan fingerprint density at radius 2 is 1.22 bits per heavy atom. The van der Waals surface area contributed by atoms with Crippen LogP contribution < -0.4 is 5.64 Å². The van der Waals surface area contributed by atoms with Crippen LogP contribution in [-0.2, 0) is 9.68 Å². The standard InChI is InChI=1S/C4H8.C2H7NO2/c1-2-4-3-1;1-4-3-5-2/h1-4H2;3H,1-2H3. The third kappa shape index (κ3) is 7.88. The summed E-state index contributed by atoms with van der Waals surface area (Å²) in [5.41, 5.74) is 2.11. The summed E-state index contributed by atoms with van der Waals surface area (Å²) in [4.78, 5) is 8.44. The lowest BCUT2D eigenvalue weighted by molar-refractivity contribution is -0.130. The van der Waals surface area contributed by atoms with Gasteiger partial charge in [0, 0.05) is 0 Å².